The molecule has 0 spiro atoms. The molecule has 1 aliphatic rings. The fourth-order valence-electron chi connectivity index (χ4n) is 2.38. The topological polar surface area (TPSA) is 86.7 Å². The number of hydrogen-bond donors (Lipinski definition) is 2. The Balaban J connectivity index is 1.77. The van der Waals surface area contributed by atoms with Crippen LogP contribution in [0.1, 0.15) is 27.4 Å². The smallest absolute Gasteiger partial charge is 0.303 e. The van der Waals surface area contributed by atoms with Crippen molar-refractivity contribution in [3.8, 4) is 0 Å². The molecular weight excluding hydrogens is 292 g/mol. The van der Waals surface area contributed by atoms with Crippen LogP contribution in [0, 0.1) is 12.8 Å². The molecule has 6 nitrogen and oxygen atoms in total. The molecule has 2 N–H and O–H groups in total. The number of hydrogen-bond acceptors (Lipinski definition) is 4. The van der Waals surface area contributed by atoms with Crippen LogP contribution in [0.5, 0.6) is 0 Å². The molecule has 2 heterocycles. The third kappa shape index (κ3) is 4.29. The zero-order valence-electron chi connectivity index (χ0n) is 11.8. The number of carbonyl (C=O) groups is 3. The lowest BCUT2D eigenvalue weighted by Gasteiger charge is -2.16. The van der Waals surface area contributed by atoms with Gasteiger partial charge in [0.1, 0.15) is 0 Å². The molecule has 1 atom stereocenters. The third-order valence-electron chi connectivity index (χ3n) is 3.47. The Labute approximate surface area is 126 Å². The van der Waals surface area contributed by atoms with Gasteiger partial charge in [0.25, 0.3) is 5.91 Å². The molecule has 114 valence electrons. The van der Waals surface area contributed by atoms with Crippen LogP contribution >= 0.6 is 11.3 Å². The van der Waals surface area contributed by atoms with E-state index >= 15 is 0 Å². The first-order chi connectivity index (χ1) is 9.95. The summed E-state index contributed by atoms with van der Waals surface area (Å²) in [6.45, 7) is 2.89. The van der Waals surface area contributed by atoms with Crippen molar-refractivity contribution in [2.45, 2.75) is 19.8 Å². The van der Waals surface area contributed by atoms with Gasteiger partial charge in [0.15, 0.2) is 0 Å². The molecule has 0 bridgehead atoms. The second kappa shape index (κ2) is 6.71. The van der Waals surface area contributed by atoms with Gasteiger partial charge in [-0.25, -0.2) is 0 Å². The number of amides is 2. The van der Waals surface area contributed by atoms with Gasteiger partial charge in [0.2, 0.25) is 5.91 Å². The molecule has 0 aromatic carbocycles. The Morgan fingerprint density at radius 3 is 2.81 bits per heavy atom. The standard InChI is InChI=1S/C14H18N2O4S/c1-9-2-3-11(21-9)14(20)15-7-12(17)16-5-4-10(8-16)6-13(18)19/h2-3,10H,4-8H2,1H3,(H,15,20)(H,18,19). The lowest BCUT2D eigenvalue weighted by atomic mass is 10.1. The minimum Gasteiger partial charge on any atom is -0.481 e. The largest absolute Gasteiger partial charge is 0.481 e. The molecule has 1 unspecified atom stereocenters. The minimum atomic E-state index is -0.837. The summed E-state index contributed by atoms with van der Waals surface area (Å²) in [6, 6.07) is 3.59. The van der Waals surface area contributed by atoms with E-state index in [1.54, 1.807) is 11.0 Å². The van der Waals surface area contributed by atoms with E-state index in [0.717, 1.165) is 4.88 Å². The summed E-state index contributed by atoms with van der Waals surface area (Å²) in [6.07, 6.45) is 0.792. The van der Waals surface area contributed by atoms with E-state index in [2.05, 4.69) is 5.32 Å². The molecule has 2 amide bonds. The monoisotopic (exact) mass is 310 g/mol. The number of carboxylic acids is 1. The maximum atomic E-state index is 12.0. The summed E-state index contributed by atoms with van der Waals surface area (Å²) >= 11 is 1.38. The first-order valence-electron chi connectivity index (χ1n) is 6.80. The Kier molecular flexibility index (Phi) is 4.95. The molecule has 1 aliphatic heterocycles. The van der Waals surface area contributed by atoms with Crippen LogP contribution in [0.25, 0.3) is 0 Å². The molecule has 1 saturated heterocycles. The van der Waals surface area contributed by atoms with Gasteiger partial charge >= 0.3 is 5.97 Å². The Bertz CT molecular complexity index is 555. The van der Waals surface area contributed by atoms with Crippen molar-refractivity contribution >= 4 is 29.1 Å². The quantitative estimate of drug-likeness (QED) is 0.853. The van der Waals surface area contributed by atoms with Crippen molar-refractivity contribution in [3.05, 3.63) is 21.9 Å². The molecule has 0 aliphatic carbocycles. The highest BCUT2D eigenvalue weighted by atomic mass is 32.1. The van der Waals surface area contributed by atoms with E-state index in [0.29, 0.717) is 24.4 Å². The first-order valence-corrected chi connectivity index (χ1v) is 7.61. The van der Waals surface area contributed by atoms with Crippen LogP contribution in [0.15, 0.2) is 12.1 Å². The molecule has 2 rings (SSSR count). The van der Waals surface area contributed by atoms with Crippen molar-refractivity contribution in [1.82, 2.24) is 10.2 Å². The van der Waals surface area contributed by atoms with Crippen molar-refractivity contribution in [1.29, 1.82) is 0 Å². The number of carbonyl (C=O) groups excluding carboxylic acids is 2. The number of aryl methyl sites for hydroxylation is 1. The van der Waals surface area contributed by atoms with Crippen LogP contribution in [0.3, 0.4) is 0 Å². The Morgan fingerprint density at radius 2 is 2.19 bits per heavy atom. The van der Waals surface area contributed by atoms with E-state index in [1.165, 1.54) is 11.3 Å². The summed E-state index contributed by atoms with van der Waals surface area (Å²) in [5.41, 5.74) is 0. The first kappa shape index (κ1) is 15.5. The molecule has 1 aromatic rings. The maximum absolute atomic E-state index is 12.0. The number of aliphatic carboxylic acids is 1. The number of likely N-dealkylation sites (tertiary alicyclic amines) is 1. The van der Waals surface area contributed by atoms with E-state index in [4.69, 9.17) is 5.11 Å². The summed E-state index contributed by atoms with van der Waals surface area (Å²) < 4.78 is 0. The lowest BCUT2D eigenvalue weighted by Crippen LogP contribution is -2.39. The van der Waals surface area contributed by atoms with Crippen molar-refractivity contribution in [3.63, 3.8) is 0 Å². The number of thiophene rings is 1. The number of carboxylic acid groups (broad SMARTS) is 1. The number of rotatable bonds is 5. The van der Waals surface area contributed by atoms with E-state index in [9.17, 15) is 14.4 Å². The Morgan fingerprint density at radius 1 is 1.43 bits per heavy atom. The van der Waals surface area contributed by atoms with Crippen LogP contribution in [0.4, 0.5) is 0 Å². The van der Waals surface area contributed by atoms with Gasteiger partial charge in [0.05, 0.1) is 11.4 Å². The van der Waals surface area contributed by atoms with Gasteiger partial charge in [-0.2, -0.15) is 0 Å². The number of nitrogens with zero attached hydrogens (tertiary/aromatic N) is 1. The van der Waals surface area contributed by atoms with E-state index in [1.807, 2.05) is 13.0 Å². The fraction of sp³-hybridized carbons (Fsp3) is 0.500. The Hall–Kier alpha value is -1.89. The molecule has 1 aromatic heterocycles. The van der Waals surface area contributed by atoms with Crippen LogP contribution < -0.4 is 5.32 Å². The van der Waals surface area contributed by atoms with Gasteiger partial charge in [-0.05, 0) is 31.4 Å². The lowest BCUT2D eigenvalue weighted by molar-refractivity contribution is -0.138. The molecule has 1 fully saturated rings. The molecule has 7 heteroatoms. The molecule has 0 saturated carbocycles. The van der Waals surface area contributed by atoms with Crippen LogP contribution in [-0.2, 0) is 9.59 Å². The normalized spacial score (nSPS) is 17.8. The molecule has 21 heavy (non-hydrogen) atoms. The third-order valence-corrected chi connectivity index (χ3v) is 4.47. The molecule has 0 radical (unpaired) electrons. The van der Waals surface area contributed by atoms with E-state index < -0.39 is 5.97 Å². The zero-order valence-corrected chi connectivity index (χ0v) is 12.6. The minimum absolute atomic E-state index is 0.0158. The average molecular weight is 310 g/mol. The predicted molar refractivity (Wildman–Crippen MR) is 78.3 cm³/mol. The fourth-order valence-corrected chi connectivity index (χ4v) is 3.17. The van der Waals surface area contributed by atoms with Crippen molar-refractivity contribution in [2.75, 3.05) is 19.6 Å². The van der Waals surface area contributed by atoms with Gasteiger partial charge in [-0.1, -0.05) is 0 Å². The zero-order chi connectivity index (χ0) is 15.4. The van der Waals surface area contributed by atoms with Gasteiger partial charge in [-0.15, -0.1) is 11.3 Å². The SMILES string of the molecule is Cc1ccc(C(=O)NCC(=O)N2CCC(CC(=O)O)C2)s1. The highest BCUT2D eigenvalue weighted by Gasteiger charge is 2.27. The van der Waals surface area contributed by atoms with Gasteiger partial charge < -0.3 is 15.3 Å². The summed E-state index contributed by atoms with van der Waals surface area (Å²) in [5, 5.41) is 11.4. The second-order valence-electron chi connectivity index (χ2n) is 5.19. The highest BCUT2D eigenvalue weighted by molar-refractivity contribution is 7.13. The second-order valence-corrected chi connectivity index (χ2v) is 6.47. The van der Waals surface area contributed by atoms with Crippen LogP contribution in [-0.4, -0.2) is 47.4 Å². The van der Waals surface area contributed by atoms with E-state index in [-0.39, 0.29) is 30.7 Å². The average Bonchev–Trinajstić information content (AvgIpc) is 3.04. The summed E-state index contributed by atoms with van der Waals surface area (Å²) in [7, 11) is 0. The maximum Gasteiger partial charge on any atom is 0.303 e. The van der Waals surface area contributed by atoms with Crippen molar-refractivity contribution in [2.24, 2.45) is 5.92 Å². The highest BCUT2D eigenvalue weighted by Crippen LogP contribution is 2.19. The summed E-state index contributed by atoms with van der Waals surface area (Å²) in [4.78, 5) is 37.7. The van der Waals surface area contributed by atoms with Gasteiger partial charge in [0, 0.05) is 24.4 Å². The summed E-state index contributed by atoms with van der Waals surface area (Å²) in [5.74, 6) is -1.23. The number of nitrogens with one attached hydrogen (secondary N) is 1. The molecular formula is C14H18N2O4S. The predicted octanol–water partition coefficient (Wildman–Crippen LogP) is 1.11. The van der Waals surface area contributed by atoms with Gasteiger partial charge in [-0.3, -0.25) is 14.4 Å². The van der Waals surface area contributed by atoms with Crippen molar-refractivity contribution < 1.29 is 19.5 Å². The van der Waals surface area contributed by atoms with Crippen LogP contribution in [0.2, 0.25) is 0 Å².